The first kappa shape index (κ1) is 14.1. The standard InChI is InChI=1S/C13H20F2N2/c1-4-13(15)12(9(2)14)6-10-5-11(16)8-17(3)7-10/h4,10-11H,1-2,5-8,16H2,3H3/b13-12+. The van der Waals surface area contributed by atoms with E-state index >= 15 is 0 Å². The molecular formula is C13H20F2N2. The molecule has 1 rings (SSSR count). The van der Waals surface area contributed by atoms with Gasteiger partial charge in [-0.25, -0.2) is 8.78 Å². The number of likely N-dealkylation sites (N-methyl/N-ethyl adjacent to an activating group) is 1. The van der Waals surface area contributed by atoms with Gasteiger partial charge in [-0.05, 0) is 31.9 Å². The molecule has 4 heteroatoms. The lowest BCUT2D eigenvalue weighted by Gasteiger charge is -2.34. The number of hydrogen-bond donors (Lipinski definition) is 1. The van der Waals surface area contributed by atoms with Crippen LogP contribution in [-0.2, 0) is 0 Å². The Balaban J connectivity index is 2.74. The maximum absolute atomic E-state index is 13.4. The highest BCUT2D eigenvalue weighted by molar-refractivity contribution is 5.31. The zero-order valence-electron chi connectivity index (χ0n) is 10.3. The Labute approximate surface area is 101 Å². The number of halogens is 2. The molecule has 17 heavy (non-hydrogen) atoms. The smallest absolute Gasteiger partial charge is 0.128 e. The highest BCUT2D eigenvalue weighted by atomic mass is 19.1. The second kappa shape index (κ2) is 6.07. The molecule has 0 aromatic rings. The molecule has 0 aromatic heterocycles. The molecule has 1 aliphatic heterocycles. The van der Waals surface area contributed by atoms with E-state index in [9.17, 15) is 8.78 Å². The molecule has 1 saturated heterocycles. The van der Waals surface area contributed by atoms with Gasteiger partial charge in [-0.2, -0.15) is 0 Å². The van der Waals surface area contributed by atoms with Gasteiger partial charge >= 0.3 is 0 Å². The minimum atomic E-state index is -0.718. The summed E-state index contributed by atoms with van der Waals surface area (Å²) in [5, 5.41) is 0. The van der Waals surface area contributed by atoms with Gasteiger partial charge in [0.25, 0.3) is 0 Å². The number of hydrogen-bond acceptors (Lipinski definition) is 2. The number of nitrogens with zero attached hydrogens (tertiary/aromatic N) is 1. The van der Waals surface area contributed by atoms with Crippen LogP contribution in [0.3, 0.4) is 0 Å². The molecule has 0 amide bonds. The van der Waals surface area contributed by atoms with Crippen LogP contribution < -0.4 is 5.73 Å². The van der Waals surface area contributed by atoms with E-state index in [0.717, 1.165) is 25.6 Å². The van der Waals surface area contributed by atoms with Gasteiger partial charge in [0.2, 0.25) is 0 Å². The van der Waals surface area contributed by atoms with Crippen molar-refractivity contribution < 1.29 is 8.78 Å². The van der Waals surface area contributed by atoms with Gasteiger partial charge in [0.1, 0.15) is 11.7 Å². The lowest BCUT2D eigenvalue weighted by atomic mass is 9.88. The van der Waals surface area contributed by atoms with Crippen molar-refractivity contribution in [2.24, 2.45) is 11.7 Å². The van der Waals surface area contributed by atoms with Crippen molar-refractivity contribution in [3.63, 3.8) is 0 Å². The summed E-state index contributed by atoms with van der Waals surface area (Å²) in [7, 11) is 1.96. The lowest BCUT2D eigenvalue weighted by molar-refractivity contribution is 0.187. The third kappa shape index (κ3) is 4.06. The number of likely N-dealkylation sites (tertiary alicyclic amines) is 1. The molecule has 1 heterocycles. The van der Waals surface area contributed by atoms with Crippen LogP contribution in [0.4, 0.5) is 8.78 Å². The molecule has 96 valence electrons. The highest BCUT2D eigenvalue weighted by Gasteiger charge is 2.25. The minimum absolute atomic E-state index is 0.0208. The first-order valence-corrected chi connectivity index (χ1v) is 5.74. The van der Waals surface area contributed by atoms with Gasteiger partial charge in [-0.3, -0.25) is 0 Å². The van der Waals surface area contributed by atoms with Crippen LogP contribution in [0.15, 0.2) is 36.5 Å². The third-order valence-electron chi connectivity index (χ3n) is 3.04. The molecule has 0 aliphatic carbocycles. The number of allylic oxidation sites excluding steroid dienone is 4. The molecule has 1 fully saturated rings. The highest BCUT2D eigenvalue weighted by Crippen LogP contribution is 2.28. The van der Waals surface area contributed by atoms with Gasteiger partial charge in [-0.1, -0.05) is 13.2 Å². The molecule has 0 aromatic carbocycles. The Hall–Kier alpha value is -1.00. The second-order valence-electron chi connectivity index (χ2n) is 4.72. The van der Waals surface area contributed by atoms with Crippen molar-refractivity contribution in [1.82, 2.24) is 4.90 Å². The van der Waals surface area contributed by atoms with Crippen LogP contribution in [0.2, 0.25) is 0 Å². The summed E-state index contributed by atoms with van der Waals surface area (Å²) in [5.41, 5.74) is 5.91. The maximum atomic E-state index is 13.4. The molecule has 2 N–H and O–H groups in total. The van der Waals surface area contributed by atoms with E-state index < -0.39 is 11.7 Å². The van der Waals surface area contributed by atoms with Crippen molar-refractivity contribution in [2.45, 2.75) is 18.9 Å². The van der Waals surface area contributed by atoms with Crippen molar-refractivity contribution in [1.29, 1.82) is 0 Å². The van der Waals surface area contributed by atoms with Crippen molar-refractivity contribution in [2.75, 3.05) is 20.1 Å². The van der Waals surface area contributed by atoms with Gasteiger partial charge in [0, 0.05) is 24.7 Å². The van der Waals surface area contributed by atoms with Gasteiger partial charge in [-0.15, -0.1) is 0 Å². The predicted molar refractivity (Wildman–Crippen MR) is 66.8 cm³/mol. The quantitative estimate of drug-likeness (QED) is 0.768. The molecule has 2 unspecified atom stereocenters. The fourth-order valence-corrected chi connectivity index (χ4v) is 2.39. The Bertz CT molecular complexity index is 326. The Morgan fingerprint density at radius 1 is 1.47 bits per heavy atom. The number of piperidine rings is 1. The van der Waals surface area contributed by atoms with E-state index in [1.54, 1.807) is 0 Å². The fraction of sp³-hybridized carbons (Fsp3) is 0.538. The molecule has 0 radical (unpaired) electrons. The molecule has 0 saturated carbocycles. The zero-order chi connectivity index (χ0) is 13.0. The van der Waals surface area contributed by atoms with E-state index in [1.165, 1.54) is 0 Å². The average Bonchev–Trinajstić information content (AvgIpc) is 2.23. The summed E-state index contributed by atoms with van der Waals surface area (Å²) < 4.78 is 26.6. The summed E-state index contributed by atoms with van der Waals surface area (Å²) in [6, 6.07) is 0.0691. The van der Waals surface area contributed by atoms with Gasteiger partial charge in [0.05, 0.1) is 0 Å². The fourth-order valence-electron chi connectivity index (χ4n) is 2.39. The molecule has 2 atom stereocenters. The number of nitrogens with two attached hydrogens (primary N) is 1. The first-order valence-electron chi connectivity index (χ1n) is 5.74. The van der Waals surface area contributed by atoms with E-state index in [2.05, 4.69) is 18.1 Å². The molecule has 0 bridgehead atoms. The lowest BCUT2D eigenvalue weighted by Crippen LogP contribution is -2.45. The average molecular weight is 242 g/mol. The Morgan fingerprint density at radius 2 is 2.12 bits per heavy atom. The number of rotatable bonds is 4. The molecule has 2 nitrogen and oxygen atoms in total. The van der Waals surface area contributed by atoms with Crippen LogP contribution in [0.5, 0.6) is 0 Å². The summed E-state index contributed by atoms with van der Waals surface area (Å²) in [4.78, 5) is 2.09. The van der Waals surface area contributed by atoms with Gasteiger partial charge in [0.15, 0.2) is 0 Å². The van der Waals surface area contributed by atoms with Crippen molar-refractivity contribution >= 4 is 0 Å². The van der Waals surface area contributed by atoms with E-state index in [-0.39, 0.29) is 17.5 Å². The van der Waals surface area contributed by atoms with Gasteiger partial charge < -0.3 is 10.6 Å². The largest absolute Gasteiger partial charge is 0.327 e. The molecule has 0 spiro atoms. The van der Waals surface area contributed by atoms with Crippen LogP contribution >= 0.6 is 0 Å². The van der Waals surface area contributed by atoms with Crippen molar-refractivity contribution in [3.05, 3.63) is 36.5 Å². The van der Waals surface area contributed by atoms with Crippen molar-refractivity contribution in [3.8, 4) is 0 Å². The van der Waals surface area contributed by atoms with E-state index in [1.807, 2.05) is 7.05 Å². The van der Waals surface area contributed by atoms with Crippen LogP contribution in [-0.4, -0.2) is 31.1 Å². The summed E-state index contributed by atoms with van der Waals surface area (Å²) >= 11 is 0. The second-order valence-corrected chi connectivity index (χ2v) is 4.72. The predicted octanol–water partition coefficient (Wildman–Crippen LogP) is 2.55. The SMILES string of the molecule is C=C/C(F)=C(/CC1CC(N)CN(C)C1)C(=C)F. The summed E-state index contributed by atoms with van der Waals surface area (Å²) in [6.07, 6.45) is 2.13. The van der Waals surface area contributed by atoms with E-state index in [0.29, 0.717) is 6.42 Å². The van der Waals surface area contributed by atoms with E-state index in [4.69, 9.17) is 5.73 Å². The topological polar surface area (TPSA) is 29.3 Å². The Morgan fingerprint density at radius 3 is 2.59 bits per heavy atom. The van der Waals surface area contributed by atoms with Crippen LogP contribution in [0.25, 0.3) is 0 Å². The van der Waals surface area contributed by atoms with Crippen LogP contribution in [0.1, 0.15) is 12.8 Å². The Kier molecular flexibility index (Phi) is 5.02. The molecular weight excluding hydrogens is 222 g/mol. The van der Waals surface area contributed by atoms with Crippen LogP contribution in [0, 0.1) is 5.92 Å². The summed E-state index contributed by atoms with van der Waals surface area (Å²) in [5.74, 6) is -1.18. The monoisotopic (exact) mass is 242 g/mol. The third-order valence-corrected chi connectivity index (χ3v) is 3.04. The molecule has 1 aliphatic rings. The normalized spacial score (nSPS) is 27.5. The minimum Gasteiger partial charge on any atom is -0.327 e. The maximum Gasteiger partial charge on any atom is 0.128 e. The zero-order valence-corrected chi connectivity index (χ0v) is 10.3. The first-order chi connectivity index (χ1) is 7.93. The summed E-state index contributed by atoms with van der Waals surface area (Å²) in [6.45, 7) is 8.11.